The van der Waals surface area contributed by atoms with Gasteiger partial charge in [0.15, 0.2) is 23.0 Å². The molecule has 3 aromatic rings. The molecule has 1 aliphatic heterocycles. The number of methoxy groups -OCH3 is 3. The van der Waals surface area contributed by atoms with Gasteiger partial charge in [-0.25, -0.2) is 0 Å². The van der Waals surface area contributed by atoms with Crippen molar-refractivity contribution < 1.29 is 28.5 Å². The Bertz CT molecular complexity index is 1330. The number of aromatic nitrogens is 1. The summed E-state index contributed by atoms with van der Waals surface area (Å²) in [5, 5.41) is 16.4. The van der Waals surface area contributed by atoms with Gasteiger partial charge in [-0.3, -0.25) is 9.78 Å². The quantitative estimate of drug-likeness (QED) is 0.353. The Hall–Kier alpha value is -4.49. The molecule has 0 unspecified atom stereocenters. The molecule has 0 bridgehead atoms. The SMILES string of the molecule is COCCNC(=O)C=Cc1ccc(Nc2c(C#N)cnc3cc(OC)c(OC)cc23)c2c1OCO2. The van der Waals surface area contributed by atoms with E-state index in [1.807, 2.05) is 0 Å². The predicted octanol–water partition coefficient (Wildman–Crippen LogP) is 3.37. The molecule has 0 fully saturated rings. The highest BCUT2D eigenvalue weighted by molar-refractivity contribution is 5.98. The molecule has 0 saturated carbocycles. The summed E-state index contributed by atoms with van der Waals surface area (Å²) in [5.74, 6) is 1.76. The van der Waals surface area contributed by atoms with Gasteiger partial charge < -0.3 is 34.3 Å². The molecule has 1 aliphatic rings. The van der Waals surface area contributed by atoms with Crippen LogP contribution in [0, 0.1) is 11.3 Å². The minimum atomic E-state index is -0.247. The van der Waals surface area contributed by atoms with Gasteiger partial charge in [0.25, 0.3) is 0 Å². The third-order valence-electron chi connectivity index (χ3n) is 5.32. The number of hydrogen-bond donors (Lipinski definition) is 2. The molecule has 0 aliphatic carbocycles. The van der Waals surface area contributed by atoms with Crippen molar-refractivity contribution in [2.24, 2.45) is 0 Å². The lowest BCUT2D eigenvalue weighted by Gasteiger charge is -2.15. The van der Waals surface area contributed by atoms with E-state index in [1.165, 1.54) is 12.3 Å². The number of anilines is 2. The molecule has 0 radical (unpaired) electrons. The fraction of sp³-hybridized carbons (Fsp3) is 0.240. The van der Waals surface area contributed by atoms with Crippen molar-refractivity contribution >= 4 is 34.3 Å². The second kappa shape index (κ2) is 10.6. The number of nitriles is 1. The minimum absolute atomic E-state index is 0.0299. The Morgan fingerprint density at radius 3 is 2.69 bits per heavy atom. The molecule has 2 aromatic carbocycles. The smallest absolute Gasteiger partial charge is 0.244 e. The van der Waals surface area contributed by atoms with Gasteiger partial charge in [0, 0.05) is 42.9 Å². The number of carbonyl (C=O) groups is 1. The zero-order valence-corrected chi connectivity index (χ0v) is 19.5. The molecule has 0 spiro atoms. The van der Waals surface area contributed by atoms with Crippen LogP contribution in [0.1, 0.15) is 11.1 Å². The molecule has 0 saturated heterocycles. The van der Waals surface area contributed by atoms with Crippen LogP contribution >= 0.6 is 0 Å². The van der Waals surface area contributed by atoms with E-state index in [0.717, 1.165) is 0 Å². The number of nitrogens with one attached hydrogen (secondary N) is 2. The maximum atomic E-state index is 12.0. The first kappa shape index (κ1) is 23.7. The van der Waals surface area contributed by atoms with Crippen LogP contribution in [0.15, 0.2) is 36.5 Å². The Kier molecular flexibility index (Phi) is 7.18. The van der Waals surface area contributed by atoms with Crippen LogP contribution in [0.4, 0.5) is 11.4 Å². The normalized spacial score (nSPS) is 11.9. The number of hydrogen-bond acceptors (Lipinski definition) is 9. The van der Waals surface area contributed by atoms with Crippen LogP contribution in [0.25, 0.3) is 17.0 Å². The van der Waals surface area contributed by atoms with Crippen molar-refractivity contribution in [1.29, 1.82) is 5.26 Å². The van der Waals surface area contributed by atoms with Gasteiger partial charge in [0.1, 0.15) is 6.07 Å². The molecule has 1 aromatic heterocycles. The molecule has 0 atom stereocenters. The number of carbonyl (C=O) groups excluding carboxylic acids is 1. The van der Waals surface area contributed by atoms with E-state index in [9.17, 15) is 10.1 Å². The Labute approximate surface area is 202 Å². The van der Waals surface area contributed by atoms with Crippen LogP contribution < -0.4 is 29.6 Å². The average molecular weight is 476 g/mol. The average Bonchev–Trinajstić information content (AvgIpc) is 3.38. The van der Waals surface area contributed by atoms with E-state index in [2.05, 4.69) is 21.7 Å². The summed E-state index contributed by atoms with van der Waals surface area (Å²) in [7, 11) is 4.66. The number of fused-ring (bicyclic) bond motifs is 2. The van der Waals surface area contributed by atoms with Crippen molar-refractivity contribution in [3.8, 4) is 29.1 Å². The first-order chi connectivity index (χ1) is 17.1. The molecule has 180 valence electrons. The van der Waals surface area contributed by atoms with Crippen molar-refractivity contribution in [1.82, 2.24) is 10.3 Å². The summed E-state index contributed by atoms with van der Waals surface area (Å²) < 4.78 is 27.1. The molecule has 2 N–H and O–H groups in total. The van der Waals surface area contributed by atoms with Crippen molar-refractivity contribution in [3.63, 3.8) is 0 Å². The molecule has 2 heterocycles. The largest absolute Gasteiger partial charge is 0.493 e. The monoisotopic (exact) mass is 476 g/mol. The van der Waals surface area contributed by atoms with E-state index < -0.39 is 0 Å². The Morgan fingerprint density at radius 1 is 1.17 bits per heavy atom. The molecule has 4 rings (SSSR count). The zero-order chi connectivity index (χ0) is 24.8. The molecular formula is C25H24N4O6. The van der Waals surface area contributed by atoms with Crippen molar-refractivity contribution in [2.75, 3.05) is 46.6 Å². The van der Waals surface area contributed by atoms with Crippen LogP contribution in [-0.4, -0.2) is 52.2 Å². The molecule has 10 heteroatoms. The van der Waals surface area contributed by atoms with Crippen LogP contribution in [0.3, 0.4) is 0 Å². The highest BCUT2D eigenvalue weighted by atomic mass is 16.7. The first-order valence-corrected chi connectivity index (χ1v) is 10.7. The maximum Gasteiger partial charge on any atom is 0.244 e. The number of amides is 1. The summed E-state index contributed by atoms with van der Waals surface area (Å²) in [6, 6.07) is 9.28. The van der Waals surface area contributed by atoms with E-state index in [4.69, 9.17) is 23.7 Å². The van der Waals surface area contributed by atoms with Crippen molar-refractivity contribution in [3.05, 3.63) is 47.7 Å². The van der Waals surface area contributed by atoms with Gasteiger partial charge >= 0.3 is 0 Å². The van der Waals surface area contributed by atoms with E-state index in [0.29, 0.717) is 69.6 Å². The lowest BCUT2D eigenvalue weighted by atomic mass is 10.1. The number of rotatable bonds is 9. The fourth-order valence-corrected chi connectivity index (χ4v) is 3.62. The van der Waals surface area contributed by atoms with Gasteiger partial charge in [-0.2, -0.15) is 5.26 Å². The standard InChI is InChI=1S/C25H24N4O6/c1-31-9-8-27-22(30)7-5-15-4-6-18(25-24(15)34-14-35-25)29-23-16(12-26)13-28-19-11-21(33-3)20(32-2)10-17(19)23/h4-7,10-11,13H,8-9,14H2,1-3H3,(H,27,30)(H,28,29). The van der Waals surface area contributed by atoms with Crippen LogP contribution in [0.2, 0.25) is 0 Å². The number of nitrogens with zero attached hydrogens (tertiary/aromatic N) is 2. The summed E-state index contributed by atoms with van der Waals surface area (Å²) in [4.78, 5) is 16.4. The van der Waals surface area contributed by atoms with Crippen LogP contribution in [0.5, 0.6) is 23.0 Å². The molecule has 1 amide bonds. The second-order valence-corrected chi connectivity index (χ2v) is 7.39. The number of pyridine rings is 1. The van der Waals surface area contributed by atoms with E-state index >= 15 is 0 Å². The second-order valence-electron chi connectivity index (χ2n) is 7.39. The summed E-state index contributed by atoms with van der Waals surface area (Å²) in [5.41, 5.74) is 2.78. The summed E-state index contributed by atoms with van der Waals surface area (Å²) in [6.07, 6.45) is 4.57. The topological polar surface area (TPSA) is 124 Å². The third kappa shape index (κ3) is 4.90. The Balaban J connectivity index is 1.70. The fourth-order valence-electron chi connectivity index (χ4n) is 3.62. The van der Waals surface area contributed by atoms with E-state index in [1.54, 1.807) is 51.7 Å². The Morgan fingerprint density at radius 2 is 1.94 bits per heavy atom. The molecule has 35 heavy (non-hydrogen) atoms. The minimum Gasteiger partial charge on any atom is -0.493 e. The van der Waals surface area contributed by atoms with Crippen LogP contribution in [-0.2, 0) is 9.53 Å². The van der Waals surface area contributed by atoms with Crippen molar-refractivity contribution in [2.45, 2.75) is 0 Å². The maximum absolute atomic E-state index is 12.0. The van der Waals surface area contributed by atoms with Gasteiger partial charge in [-0.15, -0.1) is 0 Å². The van der Waals surface area contributed by atoms with Gasteiger partial charge in [0.2, 0.25) is 12.7 Å². The molecular weight excluding hydrogens is 452 g/mol. The van der Waals surface area contributed by atoms with Gasteiger partial charge in [0.05, 0.1) is 43.3 Å². The number of ether oxygens (including phenoxy) is 5. The summed E-state index contributed by atoms with van der Waals surface area (Å²) in [6.45, 7) is 0.874. The third-order valence-corrected chi connectivity index (χ3v) is 5.32. The highest BCUT2D eigenvalue weighted by Gasteiger charge is 2.23. The van der Waals surface area contributed by atoms with Gasteiger partial charge in [-0.1, -0.05) is 0 Å². The molecule has 10 nitrogen and oxygen atoms in total. The predicted molar refractivity (Wildman–Crippen MR) is 129 cm³/mol. The zero-order valence-electron chi connectivity index (χ0n) is 19.5. The highest BCUT2D eigenvalue weighted by Crippen LogP contribution is 2.45. The lowest BCUT2D eigenvalue weighted by Crippen LogP contribution is -2.24. The summed E-state index contributed by atoms with van der Waals surface area (Å²) >= 11 is 0. The number of benzene rings is 2. The lowest BCUT2D eigenvalue weighted by molar-refractivity contribution is -0.116. The van der Waals surface area contributed by atoms with E-state index in [-0.39, 0.29) is 12.7 Å². The van der Waals surface area contributed by atoms with Gasteiger partial charge in [-0.05, 0) is 24.3 Å². The first-order valence-electron chi connectivity index (χ1n) is 10.7.